The van der Waals surface area contributed by atoms with Crippen molar-refractivity contribution in [2.75, 3.05) is 0 Å². The second-order valence-corrected chi connectivity index (χ2v) is 10.0. The summed E-state index contributed by atoms with van der Waals surface area (Å²) in [4.78, 5) is 0. The van der Waals surface area contributed by atoms with Crippen molar-refractivity contribution >= 4 is 43.4 Å². The maximum absolute atomic E-state index is 3.71. The van der Waals surface area contributed by atoms with Crippen LogP contribution in [0, 0.1) is 5.92 Å². The second-order valence-electron chi connectivity index (χ2n) is 9.12. The van der Waals surface area contributed by atoms with Gasteiger partial charge < -0.3 is 4.57 Å². The molecule has 3 aliphatic carbocycles. The molecule has 0 fully saturated rings. The minimum atomic E-state index is 0.119. The largest absolute Gasteiger partial charge is 0.313 e. The van der Waals surface area contributed by atoms with E-state index in [0.29, 0.717) is 11.8 Å². The summed E-state index contributed by atoms with van der Waals surface area (Å²) in [6.07, 6.45) is 16.0. The molecule has 0 bridgehead atoms. The summed E-state index contributed by atoms with van der Waals surface area (Å²) >= 11 is 3.71. The number of rotatable bonds is 1. The van der Waals surface area contributed by atoms with Gasteiger partial charge in [-0.05, 0) is 59.6 Å². The normalized spacial score (nSPS) is 24.5. The van der Waals surface area contributed by atoms with Gasteiger partial charge in [-0.25, -0.2) is 0 Å². The van der Waals surface area contributed by atoms with E-state index in [-0.39, 0.29) is 5.41 Å². The van der Waals surface area contributed by atoms with E-state index in [1.807, 2.05) is 0 Å². The summed E-state index contributed by atoms with van der Waals surface area (Å²) in [7, 11) is 0. The molecule has 29 heavy (non-hydrogen) atoms. The Morgan fingerprint density at radius 2 is 1.93 bits per heavy atom. The van der Waals surface area contributed by atoms with Gasteiger partial charge >= 0.3 is 0 Å². The zero-order valence-corrected chi connectivity index (χ0v) is 18.4. The molecular formula is C27H24BrN. The molecule has 2 unspecified atom stereocenters. The number of hydrogen-bond donors (Lipinski definition) is 0. The molecule has 2 aromatic carbocycles. The molecule has 3 aromatic rings. The standard InChI is InChI=1S/C27H24BrN/c1-27(2)23-14-17(28)12-13-19(23)21-16-26-22(15-24(21)27)20-10-6-7-11-25(20)29(26)18-8-4-3-5-9-18/h3-4,6-8,10-16,19,23H,5,9H2,1-2H3. The highest BCUT2D eigenvalue weighted by Crippen LogP contribution is 2.55. The van der Waals surface area contributed by atoms with Gasteiger partial charge in [0.05, 0.1) is 11.0 Å². The van der Waals surface area contributed by atoms with Crippen molar-refractivity contribution in [2.45, 2.75) is 38.0 Å². The molecule has 1 nitrogen and oxygen atoms in total. The van der Waals surface area contributed by atoms with Gasteiger partial charge in [0.1, 0.15) is 0 Å². The topological polar surface area (TPSA) is 4.93 Å². The lowest BCUT2D eigenvalue weighted by atomic mass is 9.74. The molecular weight excluding hydrogens is 418 g/mol. The predicted molar refractivity (Wildman–Crippen MR) is 127 cm³/mol. The van der Waals surface area contributed by atoms with Gasteiger partial charge in [0.15, 0.2) is 0 Å². The molecule has 0 saturated carbocycles. The highest BCUT2D eigenvalue weighted by Gasteiger charge is 2.45. The minimum Gasteiger partial charge on any atom is -0.313 e. The quantitative estimate of drug-likeness (QED) is 0.362. The van der Waals surface area contributed by atoms with E-state index in [0.717, 1.165) is 12.8 Å². The Hall–Kier alpha value is -2.32. The molecule has 0 spiro atoms. The molecule has 2 atom stereocenters. The maximum atomic E-state index is 3.71. The third-order valence-electron chi connectivity index (χ3n) is 7.20. The Balaban J connectivity index is 1.70. The molecule has 0 N–H and O–H groups in total. The summed E-state index contributed by atoms with van der Waals surface area (Å²) in [5.41, 5.74) is 7.19. The average molecular weight is 442 g/mol. The lowest BCUT2D eigenvalue weighted by molar-refractivity contribution is 0.394. The Bertz CT molecular complexity index is 1300. The molecule has 0 saturated heterocycles. The number of fused-ring (bicyclic) bond motifs is 6. The van der Waals surface area contributed by atoms with Crippen molar-refractivity contribution in [1.29, 1.82) is 0 Å². The van der Waals surface area contributed by atoms with Gasteiger partial charge in [0.25, 0.3) is 0 Å². The van der Waals surface area contributed by atoms with Gasteiger partial charge in [0.2, 0.25) is 0 Å². The molecule has 3 aliphatic rings. The highest BCUT2D eigenvalue weighted by molar-refractivity contribution is 9.11. The van der Waals surface area contributed by atoms with Crippen LogP contribution in [-0.4, -0.2) is 4.57 Å². The fourth-order valence-corrected chi connectivity index (χ4v) is 6.17. The zero-order valence-electron chi connectivity index (χ0n) is 16.8. The number of benzene rings is 2. The Morgan fingerprint density at radius 3 is 2.76 bits per heavy atom. The van der Waals surface area contributed by atoms with Crippen molar-refractivity contribution in [3.63, 3.8) is 0 Å². The summed E-state index contributed by atoms with van der Waals surface area (Å²) in [5, 5.41) is 2.74. The molecule has 2 heteroatoms. The number of aromatic nitrogens is 1. The number of halogens is 1. The van der Waals surface area contributed by atoms with Crippen molar-refractivity contribution in [1.82, 2.24) is 4.57 Å². The first-order valence-corrected chi connectivity index (χ1v) is 11.3. The summed E-state index contributed by atoms with van der Waals surface area (Å²) in [6.45, 7) is 4.82. The fourth-order valence-electron chi connectivity index (χ4n) is 5.73. The van der Waals surface area contributed by atoms with Gasteiger partial charge in [-0.1, -0.05) is 78.4 Å². The number of allylic oxidation sites excluding steroid dienone is 8. The lowest BCUT2D eigenvalue weighted by Crippen LogP contribution is -2.25. The third kappa shape index (κ3) is 2.39. The second kappa shape index (κ2) is 6.09. The van der Waals surface area contributed by atoms with E-state index in [9.17, 15) is 0 Å². The Morgan fingerprint density at radius 1 is 1.07 bits per heavy atom. The van der Waals surface area contributed by atoms with Gasteiger partial charge in [-0.3, -0.25) is 0 Å². The third-order valence-corrected chi connectivity index (χ3v) is 7.73. The smallest absolute Gasteiger partial charge is 0.0541 e. The molecule has 6 rings (SSSR count). The van der Waals surface area contributed by atoms with Crippen LogP contribution in [0.15, 0.2) is 77.3 Å². The molecule has 0 amide bonds. The van der Waals surface area contributed by atoms with E-state index in [4.69, 9.17) is 0 Å². The highest BCUT2D eigenvalue weighted by atomic mass is 79.9. The lowest BCUT2D eigenvalue weighted by Gasteiger charge is -2.30. The van der Waals surface area contributed by atoms with Crippen LogP contribution in [0.3, 0.4) is 0 Å². The van der Waals surface area contributed by atoms with E-state index < -0.39 is 0 Å². The first kappa shape index (κ1) is 17.5. The van der Waals surface area contributed by atoms with E-state index >= 15 is 0 Å². The maximum Gasteiger partial charge on any atom is 0.0541 e. The number of para-hydroxylation sites is 1. The molecule has 1 heterocycles. The van der Waals surface area contributed by atoms with Crippen LogP contribution >= 0.6 is 15.9 Å². The van der Waals surface area contributed by atoms with E-state index in [1.54, 1.807) is 0 Å². The number of nitrogens with zero attached hydrogens (tertiary/aromatic N) is 1. The van der Waals surface area contributed by atoms with Crippen LogP contribution in [0.4, 0.5) is 0 Å². The molecule has 1 aromatic heterocycles. The van der Waals surface area contributed by atoms with Gasteiger partial charge in [-0.15, -0.1) is 0 Å². The van der Waals surface area contributed by atoms with E-state index in [2.05, 4.69) is 107 Å². The Labute approximate surface area is 180 Å². The molecule has 144 valence electrons. The van der Waals surface area contributed by atoms with Crippen LogP contribution in [-0.2, 0) is 5.41 Å². The average Bonchev–Trinajstić information content (AvgIpc) is 3.17. The number of hydrogen-bond acceptors (Lipinski definition) is 0. The summed E-state index contributed by atoms with van der Waals surface area (Å²) < 4.78 is 3.71. The zero-order chi connectivity index (χ0) is 19.8. The predicted octanol–water partition coefficient (Wildman–Crippen LogP) is 7.83. The van der Waals surface area contributed by atoms with Crippen LogP contribution in [0.5, 0.6) is 0 Å². The SMILES string of the molecule is CC1(C)c2cc3c4ccccc4n(C4=CC=CCC4)c3cc2C2C=CC(Br)=CC21. The first-order chi connectivity index (χ1) is 14.1. The molecule has 0 aliphatic heterocycles. The van der Waals surface area contributed by atoms with Crippen LogP contribution in [0.2, 0.25) is 0 Å². The monoisotopic (exact) mass is 441 g/mol. The first-order valence-electron chi connectivity index (χ1n) is 10.5. The van der Waals surface area contributed by atoms with Crippen molar-refractivity contribution in [3.05, 3.63) is 88.5 Å². The summed E-state index contributed by atoms with van der Waals surface area (Å²) in [6, 6.07) is 13.9. The van der Waals surface area contributed by atoms with Crippen molar-refractivity contribution in [3.8, 4) is 0 Å². The minimum absolute atomic E-state index is 0.119. The fraction of sp³-hybridized carbons (Fsp3) is 0.259. The van der Waals surface area contributed by atoms with Crippen LogP contribution in [0.1, 0.15) is 43.7 Å². The summed E-state index contributed by atoms with van der Waals surface area (Å²) in [5.74, 6) is 0.956. The van der Waals surface area contributed by atoms with Gasteiger partial charge in [-0.2, -0.15) is 0 Å². The van der Waals surface area contributed by atoms with E-state index in [1.165, 1.54) is 43.1 Å². The van der Waals surface area contributed by atoms with Crippen molar-refractivity contribution < 1.29 is 0 Å². The Kier molecular flexibility index (Phi) is 3.68. The van der Waals surface area contributed by atoms with Crippen LogP contribution < -0.4 is 0 Å². The van der Waals surface area contributed by atoms with Crippen molar-refractivity contribution in [2.24, 2.45) is 5.92 Å². The van der Waals surface area contributed by atoms with Crippen LogP contribution in [0.25, 0.3) is 27.5 Å². The van der Waals surface area contributed by atoms with Gasteiger partial charge in [0, 0.05) is 26.9 Å². The molecule has 0 radical (unpaired) electrons.